The fraction of sp³-hybridized carbons (Fsp3) is 0.462. The Morgan fingerprint density at radius 1 is 1.28 bits per heavy atom. The van der Waals surface area contributed by atoms with E-state index in [0.717, 1.165) is 5.69 Å². The largest absolute Gasteiger partial charge is 0.379 e. The molecular weight excluding hydrogens is 232 g/mol. The second-order valence-corrected chi connectivity index (χ2v) is 4.65. The van der Waals surface area contributed by atoms with Gasteiger partial charge in [-0.3, -0.25) is 9.69 Å². The van der Waals surface area contributed by atoms with Crippen LogP contribution in [0.15, 0.2) is 24.3 Å². The van der Waals surface area contributed by atoms with Gasteiger partial charge in [0, 0.05) is 25.7 Å². The monoisotopic (exact) mass is 248 g/mol. The van der Waals surface area contributed by atoms with E-state index in [0.29, 0.717) is 31.9 Å². The number of hydrogen-bond donors (Lipinski definition) is 1. The van der Waals surface area contributed by atoms with Gasteiger partial charge in [0.2, 0.25) is 5.72 Å². The summed E-state index contributed by atoms with van der Waals surface area (Å²) in [6, 6.07) is 7.38. The van der Waals surface area contributed by atoms with E-state index >= 15 is 0 Å². The Balaban J connectivity index is 2.07. The number of carbonyl (C=O) groups is 1. The summed E-state index contributed by atoms with van der Waals surface area (Å²) in [5.74, 6) is -0.286. The Labute approximate surface area is 106 Å². The smallest absolute Gasteiger partial charge is 0.279 e. The number of ether oxygens (including phenoxy) is 1. The van der Waals surface area contributed by atoms with Crippen molar-refractivity contribution >= 4 is 11.6 Å². The van der Waals surface area contributed by atoms with Crippen LogP contribution in [0.5, 0.6) is 0 Å². The second kappa shape index (κ2) is 4.05. The second-order valence-electron chi connectivity index (χ2n) is 4.65. The normalized spacial score (nSPS) is 28.6. The highest BCUT2D eigenvalue weighted by Crippen LogP contribution is 2.41. The zero-order chi connectivity index (χ0) is 12.8. The number of benzene rings is 1. The van der Waals surface area contributed by atoms with Crippen LogP contribution < -0.4 is 4.90 Å². The number of aliphatic hydroxyl groups is 1. The van der Waals surface area contributed by atoms with Crippen molar-refractivity contribution in [1.29, 1.82) is 0 Å². The summed E-state index contributed by atoms with van der Waals surface area (Å²) >= 11 is 0. The van der Waals surface area contributed by atoms with E-state index in [-0.39, 0.29) is 5.91 Å². The van der Waals surface area contributed by atoms with Crippen LogP contribution in [0.2, 0.25) is 0 Å². The van der Waals surface area contributed by atoms with Gasteiger partial charge in [0.15, 0.2) is 0 Å². The van der Waals surface area contributed by atoms with Gasteiger partial charge < -0.3 is 14.7 Å². The quantitative estimate of drug-likeness (QED) is 0.768. The van der Waals surface area contributed by atoms with Crippen molar-refractivity contribution in [3.8, 4) is 0 Å². The zero-order valence-corrected chi connectivity index (χ0v) is 10.3. The number of hydrogen-bond acceptors (Lipinski definition) is 4. The number of para-hydroxylation sites is 1. The third-order valence-corrected chi connectivity index (χ3v) is 3.71. The molecular formula is C13H16N2O3. The first-order valence-corrected chi connectivity index (χ1v) is 6.08. The van der Waals surface area contributed by atoms with Crippen LogP contribution in [0.4, 0.5) is 5.69 Å². The maximum atomic E-state index is 12.4. The summed E-state index contributed by atoms with van der Waals surface area (Å²) in [5, 5.41) is 10.9. The number of nitrogens with zero attached hydrogens (tertiary/aromatic N) is 2. The summed E-state index contributed by atoms with van der Waals surface area (Å²) in [6.07, 6.45) is 0. The minimum absolute atomic E-state index is 0.286. The van der Waals surface area contributed by atoms with Gasteiger partial charge >= 0.3 is 0 Å². The molecule has 0 saturated carbocycles. The maximum Gasteiger partial charge on any atom is 0.279 e. The summed E-state index contributed by atoms with van der Waals surface area (Å²) in [4.78, 5) is 15.7. The number of fused-ring (bicyclic) bond motifs is 1. The molecule has 0 radical (unpaired) electrons. The molecule has 2 heterocycles. The molecule has 0 bridgehead atoms. The van der Waals surface area contributed by atoms with Crippen molar-refractivity contribution < 1.29 is 14.6 Å². The van der Waals surface area contributed by atoms with E-state index in [1.54, 1.807) is 11.9 Å². The molecule has 0 aliphatic carbocycles. The lowest BCUT2D eigenvalue weighted by Crippen LogP contribution is -2.56. The standard InChI is InChI=1S/C13H16N2O3/c1-14-11-5-3-2-4-10(11)13(17,12(14)16)15-6-8-18-9-7-15/h2-5,17H,6-9H2,1H3/t13-/m1/s1. The molecule has 1 aromatic rings. The molecule has 3 rings (SSSR count). The Hall–Kier alpha value is -1.43. The van der Waals surface area contributed by atoms with Gasteiger partial charge in [0.05, 0.1) is 18.9 Å². The van der Waals surface area contributed by atoms with E-state index in [9.17, 15) is 9.90 Å². The van der Waals surface area contributed by atoms with Crippen molar-refractivity contribution in [3.05, 3.63) is 29.8 Å². The highest BCUT2D eigenvalue weighted by Gasteiger charge is 2.52. The Kier molecular flexibility index (Phi) is 2.62. The van der Waals surface area contributed by atoms with Gasteiger partial charge in [-0.1, -0.05) is 18.2 Å². The summed E-state index contributed by atoms with van der Waals surface area (Å²) < 4.78 is 5.28. The SMILES string of the molecule is CN1C(=O)[C@@](O)(N2CCOCC2)c2ccccc21. The van der Waals surface area contributed by atoms with Crippen molar-refractivity contribution in [3.63, 3.8) is 0 Å². The average Bonchev–Trinajstić information content (AvgIpc) is 2.64. The number of carbonyl (C=O) groups excluding carboxylic acids is 1. The van der Waals surface area contributed by atoms with Crippen LogP contribution in [0, 0.1) is 0 Å². The number of rotatable bonds is 1. The van der Waals surface area contributed by atoms with E-state index in [4.69, 9.17) is 4.74 Å². The molecule has 5 heteroatoms. The third kappa shape index (κ3) is 1.41. The minimum atomic E-state index is -1.53. The first-order valence-electron chi connectivity index (χ1n) is 6.08. The van der Waals surface area contributed by atoms with Crippen LogP contribution in [0.3, 0.4) is 0 Å². The first kappa shape index (κ1) is 11.6. The Morgan fingerprint density at radius 2 is 1.94 bits per heavy atom. The Morgan fingerprint density at radius 3 is 2.67 bits per heavy atom. The topological polar surface area (TPSA) is 53.0 Å². The van der Waals surface area contributed by atoms with Gasteiger partial charge in [-0.25, -0.2) is 0 Å². The number of morpholine rings is 1. The summed E-state index contributed by atoms with van der Waals surface area (Å²) in [5.41, 5.74) is -0.0920. The van der Waals surface area contributed by atoms with Gasteiger partial charge in [-0.2, -0.15) is 0 Å². The van der Waals surface area contributed by atoms with E-state index in [1.807, 2.05) is 24.3 Å². The average molecular weight is 248 g/mol. The number of likely N-dealkylation sites (N-methyl/N-ethyl adjacent to an activating group) is 1. The van der Waals surface area contributed by atoms with E-state index < -0.39 is 5.72 Å². The molecule has 5 nitrogen and oxygen atoms in total. The summed E-state index contributed by atoms with van der Waals surface area (Å²) in [6.45, 7) is 2.21. The molecule has 1 N–H and O–H groups in total. The highest BCUT2D eigenvalue weighted by atomic mass is 16.5. The molecule has 1 aromatic carbocycles. The van der Waals surface area contributed by atoms with Crippen molar-refractivity contribution in [2.24, 2.45) is 0 Å². The number of anilines is 1. The molecule has 2 aliphatic heterocycles. The first-order chi connectivity index (χ1) is 8.65. The Bertz CT molecular complexity index is 485. The fourth-order valence-corrected chi connectivity index (χ4v) is 2.71. The molecule has 96 valence electrons. The van der Waals surface area contributed by atoms with E-state index in [2.05, 4.69) is 0 Å². The van der Waals surface area contributed by atoms with Crippen LogP contribution in [0.25, 0.3) is 0 Å². The predicted molar refractivity (Wildman–Crippen MR) is 66.1 cm³/mol. The maximum absolute atomic E-state index is 12.4. The van der Waals surface area contributed by atoms with Gasteiger partial charge in [-0.15, -0.1) is 0 Å². The summed E-state index contributed by atoms with van der Waals surface area (Å²) in [7, 11) is 1.69. The molecule has 2 aliphatic rings. The minimum Gasteiger partial charge on any atom is -0.379 e. The van der Waals surface area contributed by atoms with E-state index in [1.165, 1.54) is 4.90 Å². The van der Waals surface area contributed by atoms with Gasteiger partial charge in [0.25, 0.3) is 5.91 Å². The molecule has 1 saturated heterocycles. The zero-order valence-electron chi connectivity index (χ0n) is 10.3. The predicted octanol–water partition coefficient (Wildman–Crippen LogP) is 0.140. The van der Waals surface area contributed by atoms with Gasteiger partial charge in [-0.05, 0) is 6.07 Å². The highest BCUT2D eigenvalue weighted by molar-refractivity contribution is 6.06. The third-order valence-electron chi connectivity index (χ3n) is 3.71. The van der Waals surface area contributed by atoms with Crippen LogP contribution in [-0.2, 0) is 15.3 Å². The molecule has 18 heavy (non-hydrogen) atoms. The van der Waals surface area contributed by atoms with Crippen molar-refractivity contribution in [2.45, 2.75) is 5.72 Å². The lowest BCUT2D eigenvalue weighted by atomic mass is 10.0. The number of amides is 1. The molecule has 1 amide bonds. The van der Waals surface area contributed by atoms with Crippen molar-refractivity contribution in [2.75, 3.05) is 38.3 Å². The molecule has 0 spiro atoms. The van der Waals surface area contributed by atoms with Crippen LogP contribution in [-0.4, -0.2) is 49.3 Å². The van der Waals surface area contributed by atoms with Gasteiger partial charge in [0.1, 0.15) is 0 Å². The lowest BCUT2D eigenvalue weighted by molar-refractivity contribution is -0.170. The molecule has 0 unspecified atom stereocenters. The van der Waals surface area contributed by atoms with Crippen molar-refractivity contribution in [1.82, 2.24) is 4.90 Å². The van der Waals surface area contributed by atoms with Crippen LogP contribution >= 0.6 is 0 Å². The lowest BCUT2D eigenvalue weighted by Gasteiger charge is -2.37. The van der Waals surface area contributed by atoms with Crippen LogP contribution in [0.1, 0.15) is 5.56 Å². The fourth-order valence-electron chi connectivity index (χ4n) is 2.71. The molecule has 0 aromatic heterocycles. The molecule has 1 atom stereocenters. The molecule has 1 fully saturated rings.